The lowest BCUT2D eigenvalue weighted by Crippen LogP contribution is -2.25. The van der Waals surface area contributed by atoms with Crippen LogP contribution in [-0.4, -0.2) is 5.29 Å². The minimum absolute atomic E-state index is 0.607. The number of rotatable bonds is 5. The summed E-state index contributed by atoms with van der Waals surface area (Å²) in [6.07, 6.45) is 3.99. The van der Waals surface area contributed by atoms with Crippen LogP contribution < -0.4 is 21.2 Å². The number of nitrogens with zero attached hydrogens (tertiary/aromatic N) is 2. The lowest BCUT2D eigenvalue weighted by atomic mass is 10.3. The number of benzene rings is 4. The maximum absolute atomic E-state index is 10.6. The molecule has 0 atom stereocenters. The van der Waals surface area contributed by atoms with Crippen LogP contribution in [0.4, 0.5) is 0 Å². The lowest BCUT2D eigenvalue weighted by Gasteiger charge is -2.34. The first kappa shape index (κ1) is 24.0. The fourth-order valence-corrected chi connectivity index (χ4v) is 12.6. The average Bonchev–Trinajstić information content (AvgIpc) is 2.97. The van der Waals surface area contributed by atoms with Gasteiger partial charge >= 0.3 is 0 Å². The highest BCUT2D eigenvalue weighted by Crippen LogP contribution is 2.62. The Bertz CT molecular complexity index is 1570. The summed E-state index contributed by atoms with van der Waals surface area (Å²) in [5.74, 6) is 0. The third kappa shape index (κ3) is 3.84. The van der Waals surface area contributed by atoms with Crippen LogP contribution in [0.15, 0.2) is 144 Å². The van der Waals surface area contributed by atoms with Crippen LogP contribution in [0.3, 0.4) is 0 Å². The van der Waals surface area contributed by atoms with Crippen molar-refractivity contribution in [1.82, 2.24) is 0 Å². The van der Waals surface area contributed by atoms with E-state index in [4.69, 9.17) is 11.8 Å². The van der Waals surface area contributed by atoms with E-state index in [1.165, 1.54) is 0 Å². The van der Waals surface area contributed by atoms with Crippen LogP contribution in [-0.2, 0) is 11.8 Å². The SMILES string of the molecule is N#CC1=CC(P(=S)(c2ccccc2)c2ccccc2)=CC(C#N)=P1(c1ccccc1)c1ccccc1. The summed E-state index contributed by atoms with van der Waals surface area (Å²) >= 11 is 6.54. The summed E-state index contributed by atoms with van der Waals surface area (Å²) in [5, 5.41) is 27.4. The summed E-state index contributed by atoms with van der Waals surface area (Å²) in [6, 6.07) is 42.7. The van der Waals surface area contributed by atoms with E-state index < -0.39 is 12.9 Å². The van der Waals surface area contributed by atoms with Crippen molar-refractivity contribution in [3.63, 3.8) is 0 Å². The third-order valence-corrected chi connectivity index (χ3v) is 15.4. The molecule has 1 aliphatic rings. The molecule has 0 saturated heterocycles. The van der Waals surface area contributed by atoms with Gasteiger partial charge in [-0.25, -0.2) is 0 Å². The summed E-state index contributed by atoms with van der Waals surface area (Å²) in [4.78, 5) is 0. The van der Waals surface area contributed by atoms with Gasteiger partial charge in [-0.1, -0.05) is 133 Å². The Kier molecular flexibility index (Phi) is 6.74. The van der Waals surface area contributed by atoms with Crippen molar-refractivity contribution in [3.05, 3.63) is 144 Å². The van der Waals surface area contributed by atoms with Crippen LogP contribution in [0.5, 0.6) is 0 Å². The van der Waals surface area contributed by atoms with Gasteiger partial charge in [0.15, 0.2) is 0 Å². The van der Waals surface area contributed by atoms with E-state index in [2.05, 4.69) is 36.4 Å². The molecule has 5 heteroatoms. The first-order valence-electron chi connectivity index (χ1n) is 11.5. The Labute approximate surface area is 217 Å². The number of hydrogen-bond acceptors (Lipinski definition) is 3. The van der Waals surface area contributed by atoms with Crippen molar-refractivity contribution in [1.29, 1.82) is 10.5 Å². The zero-order valence-electron chi connectivity index (χ0n) is 19.4. The average molecular weight is 517 g/mol. The molecular weight excluding hydrogens is 494 g/mol. The van der Waals surface area contributed by atoms with Crippen molar-refractivity contribution >= 4 is 51.2 Å². The molecule has 0 aromatic heterocycles. The normalized spacial score (nSPS) is 14.7. The number of hydrogen-bond donors (Lipinski definition) is 0. The Morgan fingerprint density at radius 2 is 0.972 bits per heavy atom. The van der Waals surface area contributed by atoms with E-state index in [1.54, 1.807) is 0 Å². The first-order chi connectivity index (χ1) is 17.7. The highest BCUT2D eigenvalue weighted by atomic mass is 32.4. The highest BCUT2D eigenvalue weighted by molar-refractivity contribution is 8.24. The Balaban J connectivity index is 1.92. The maximum atomic E-state index is 10.6. The number of allylic oxidation sites excluding steroid dienone is 4. The molecule has 172 valence electrons. The molecule has 0 unspecified atom stereocenters. The van der Waals surface area contributed by atoms with Crippen molar-refractivity contribution in [2.45, 2.75) is 0 Å². The Hall–Kier alpha value is -3.71. The zero-order chi connectivity index (χ0) is 25.0. The second-order valence-electron chi connectivity index (χ2n) is 8.33. The molecule has 1 aliphatic heterocycles. The first-order valence-corrected chi connectivity index (χ1v) is 16.1. The lowest BCUT2D eigenvalue weighted by molar-refractivity contribution is 1.52. The quantitative estimate of drug-likeness (QED) is 0.316. The monoisotopic (exact) mass is 516 g/mol. The molecule has 0 amide bonds. The van der Waals surface area contributed by atoms with Gasteiger partial charge < -0.3 is 0 Å². The van der Waals surface area contributed by atoms with E-state index in [9.17, 15) is 10.5 Å². The van der Waals surface area contributed by atoms with Crippen molar-refractivity contribution < 1.29 is 0 Å². The van der Waals surface area contributed by atoms with E-state index in [-0.39, 0.29) is 0 Å². The topological polar surface area (TPSA) is 47.6 Å². The molecule has 1 heterocycles. The Morgan fingerprint density at radius 1 is 0.556 bits per heavy atom. The predicted molar refractivity (Wildman–Crippen MR) is 158 cm³/mol. The van der Waals surface area contributed by atoms with Crippen LogP contribution in [0.2, 0.25) is 0 Å². The predicted octanol–water partition coefficient (Wildman–Crippen LogP) is 5.79. The molecule has 0 saturated carbocycles. The smallest absolute Gasteiger partial charge is 0.100 e. The molecule has 4 aromatic rings. The summed E-state index contributed by atoms with van der Waals surface area (Å²) in [7, 11) is 0. The van der Waals surface area contributed by atoms with E-state index in [0.717, 1.165) is 26.5 Å². The molecule has 0 fully saturated rings. The second kappa shape index (κ2) is 10.1. The van der Waals surface area contributed by atoms with Crippen LogP contribution in [0.25, 0.3) is 0 Å². The second-order valence-corrected chi connectivity index (χ2v) is 16.1. The molecule has 0 spiro atoms. The van der Waals surface area contributed by atoms with E-state index in [1.807, 2.05) is 109 Å². The summed E-state index contributed by atoms with van der Waals surface area (Å²) < 4.78 is 0. The van der Waals surface area contributed by atoms with Crippen LogP contribution in [0.1, 0.15) is 0 Å². The molecular formula is C31H22N2P2S. The van der Waals surface area contributed by atoms with Gasteiger partial charge in [-0.15, -0.1) is 0 Å². The highest BCUT2D eigenvalue weighted by Gasteiger charge is 2.37. The molecule has 0 bridgehead atoms. The minimum atomic E-state index is -2.65. The zero-order valence-corrected chi connectivity index (χ0v) is 22.0. The molecule has 2 nitrogen and oxygen atoms in total. The Morgan fingerprint density at radius 3 is 1.36 bits per heavy atom. The van der Waals surface area contributed by atoms with Gasteiger partial charge in [0.05, 0.1) is 10.6 Å². The fraction of sp³-hybridized carbons (Fsp3) is 0. The van der Waals surface area contributed by atoms with E-state index in [0.29, 0.717) is 10.6 Å². The van der Waals surface area contributed by atoms with Crippen LogP contribution in [0, 0.1) is 22.7 Å². The summed E-state index contributed by atoms with van der Waals surface area (Å²) in [5.41, 5.74) is 0. The van der Waals surface area contributed by atoms with Gasteiger partial charge in [0.2, 0.25) is 0 Å². The molecule has 0 N–H and O–H groups in total. The van der Waals surface area contributed by atoms with E-state index >= 15 is 0 Å². The van der Waals surface area contributed by atoms with Crippen molar-refractivity contribution in [3.8, 4) is 12.1 Å². The van der Waals surface area contributed by atoms with Crippen molar-refractivity contribution in [2.24, 2.45) is 0 Å². The number of nitriles is 2. The standard InChI is InChI=1S/C31H22N2P2S/c32-23-30-21-29(35(36,27-17-9-3-10-18-27)28-19-11-4-12-20-28)22-31(24-33)34(30,25-13-5-1-6-14-25)26-15-7-2-8-16-26/h1-22H. The third-order valence-electron chi connectivity index (χ3n) is 6.41. The molecule has 4 aromatic carbocycles. The molecule has 0 radical (unpaired) electrons. The fourth-order valence-electron chi connectivity index (χ4n) is 4.77. The molecule has 0 aliphatic carbocycles. The molecule has 5 rings (SSSR count). The van der Waals surface area contributed by atoms with Gasteiger partial charge in [0, 0.05) is 12.9 Å². The molecule has 36 heavy (non-hydrogen) atoms. The van der Waals surface area contributed by atoms with Gasteiger partial charge in [-0.3, -0.25) is 0 Å². The summed E-state index contributed by atoms with van der Waals surface area (Å²) in [6.45, 7) is -2.65. The minimum Gasteiger partial charge on any atom is -0.192 e. The van der Waals surface area contributed by atoms with Gasteiger partial charge in [0.1, 0.15) is 12.1 Å². The van der Waals surface area contributed by atoms with Gasteiger partial charge in [0.25, 0.3) is 0 Å². The van der Waals surface area contributed by atoms with Gasteiger partial charge in [-0.05, 0) is 38.7 Å². The largest absolute Gasteiger partial charge is 0.192 e. The maximum Gasteiger partial charge on any atom is 0.100 e. The van der Waals surface area contributed by atoms with Gasteiger partial charge in [-0.2, -0.15) is 10.5 Å². The van der Waals surface area contributed by atoms with Crippen LogP contribution >= 0.6 is 12.9 Å². The van der Waals surface area contributed by atoms with Crippen molar-refractivity contribution in [2.75, 3.05) is 0 Å².